The van der Waals surface area contributed by atoms with Crippen LogP contribution in [0.15, 0.2) is 41.3 Å². The van der Waals surface area contributed by atoms with Gasteiger partial charge in [0.05, 0.1) is 46.9 Å². The van der Waals surface area contributed by atoms with E-state index in [9.17, 15) is 4.79 Å². The van der Waals surface area contributed by atoms with Crippen molar-refractivity contribution >= 4 is 28.2 Å². The van der Waals surface area contributed by atoms with Crippen LogP contribution in [0.4, 0.5) is 24.5 Å². The average Bonchev–Trinajstić information content (AvgIpc) is 3.01. The quantitative estimate of drug-likeness (QED) is 0.336. The molecule has 0 bridgehead atoms. The van der Waals surface area contributed by atoms with Crippen LogP contribution in [0, 0.1) is 24.4 Å². The number of aromatic nitrogens is 2. The summed E-state index contributed by atoms with van der Waals surface area (Å²) in [5.74, 6) is -3.50. The van der Waals surface area contributed by atoms with Crippen LogP contribution >= 0.6 is 0 Å². The highest BCUT2D eigenvalue weighted by atomic mass is 19.1. The number of amides is 1. The van der Waals surface area contributed by atoms with E-state index in [4.69, 9.17) is 4.74 Å². The molecule has 9 nitrogen and oxygen atoms in total. The van der Waals surface area contributed by atoms with Gasteiger partial charge in [-0.2, -0.15) is 0 Å². The van der Waals surface area contributed by atoms with Crippen LogP contribution in [0.1, 0.15) is 37.9 Å². The Kier molecular flexibility index (Phi) is 7.55. The number of aryl methyl sites for hydroxylation is 1. The van der Waals surface area contributed by atoms with Crippen LogP contribution in [0.3, 0.4) is 0 Å². The Morgan fingerprint density at radius 1 is 1.00 bits per heavy atom. The third-order valence-electron chi connectivity index (χ3n) is 9.64. The lowest BCUT2D eigenvalue weighted by Gasteiger charge is -2.52. The van der Waals surface area contributed by atoms with Crippen LogP contribution in [0.25, 0.3) is 27.7 Å². The number of halogens is 3. The highest BCUT2D eigenvalue weighted by molar-refractivity contribution is 6.13. The van der Waals surface area contributed by atoms with Gasteiger partial charge in [-0.15, -0.1) is 0 Å². The molecule has 0 unspecified atom stereocenters. The summed E-state index contributed by atoms with van der Waals surface area (Å²) in [5, 5.41) is 3.46. The Morgan fingerprint density at radius 2 is 1.74 bits per heavy atom. The van der Waals surface area contributed by atoms with Gasteiger partial charge in [-0.05, 0) is 56.6 Å². The molecule has 2 atom stereocenters. The van der Waals surface area contributed by atoms with Gasteiger partial charge in [-0.1, -0.05) is 19.9 Å². The van der Waals surface area contributed by atoms with E-state index in [1.165, 1.54) is 29.9 Å². The number of hydrogen-bond donors (Lipinski definition) is 1. The number of methoxy groups -OCH3 is 1. The lowest BCUT2D eigenvalue weighted by Crippen LogP contribution is -2.70. The van der Waals surface area contributed by atoms with Crippen LogP contribution < -0.4 is 25.4 Å². The second-order valence-electron chi connectivity index (χ2n) is 13.2. The number of fused-ring (bicyclic) bond motifs is 5. The van der Waals surface area contributed by atoms with E-state index < -0.39 is 40.2 Å². The van der Waals surface area contributed by atoms with Gasteiger partial charge < -0.3 is 19.9 Å². The number of anilines is 2. The molecule has 1 N–H and O–H groups in total. The maximum absolute atomic E-state index is 17.5. The predicted molar refractivity (Wildman–Crippen MR) is 175 cm³/mol. The number of ether oxygens (including phenoxy) is 1. The average molecular weight is 647 g/mol. The van der Waals surface area contributed by atoms with Gasteiger partial charge in [-0.25, -0.2) is 13.2 Å². The SMILES string of the molecule is COc1cccc(F)c1-c1c(F)cc2c3c(c(=O)n(-c4c(C)ccnc4C(C)C)c2c1F)N(C1CN(C)C1)C(=O)[C@H]1CN[C@H](C)CN31. The van der Waals surface area contributed by atoms with E-state index in [1.54, 1.807) is 24.1 Å². The summed E-state index contributed by atoms with van der Waals surface area (Å²) in [5.41, 5.74) is -0.0227. The first-order valence-electron chi connectivity index (χ1n) is 15.9. The third-order valence-corrected chi connectivity index (χ3v) is 9.64. The van der Waals surface area contributed by atoms with Gasteiger partial charge >= 0.3 is 0 Å². The lowest BCUT2D eigenvalue weighted by molar-refractivity contribution is -0.121. The minimum Gasteiger partial charge on any atom is -0.496 e. The summed E-state index contributed by atoms with van der Waals surface area (Å²) in [4.78, 5) is 39.5. The minimum absolute atomic E-state index is 0.0590. The first-order valence-corrected chi connectivity index (χ1v) is 15.9. The summed E-state index contributed by atoms with van der Waals surface area (Å²) in [6.07, 6.45) is 1.62. The monoisotopic (exact) mass is 646 g/mol. The van der Waals surface area contributed by atoms with Gasteiger partial charge in [0.1, 0.15) is 29.1 Å². The standard InChI is InChI=1S/C35H37F3N6O3/c1-17(2)29-30(18(3)10-11-39-29)44-31-21(12-23(37)27(28(31)38)26-22(36)8-7-9-25(26)47-6)32-33(35(44)46)43(20-15-41(5)16-20)34(45)24-13-40-19(4)14-42(24)32/h7-12,17,19-20,24,40H,13-16H2,1-6H3/t19-,24-/m1/s1. The molecule has 3 aliphatic heterocycles. The van der Waals surface area contributed by atoms with Crippen LogP contribution in [-0.4, -0.2) is 78.8 Å². The number of rotatable bonds is 5. The molecular formula is C35H37F3N6O3. The van der Waals surface area contributed by atoms with Crippen molar-refractivity contribution < 1.29 is 22.7 Å². The van der Waals surface area contributed by atoms with Gasteiger partial charge in [0.15, 0.2) is 5.82 Å². The highest BCUT2D eigenvalue weighted by Crippen LogP contribution is 2.47. The summed E-state index contributed by atoms with van der Waals surface area (Å²) >= 11 is 0. The van der Waals surface area contributed by atoms with Crippen molar-refractivity contribution in [2.75, 3.05) is 50.1 Å². The molecule has 0 spiro atoms. The van der Waals surface area contributed by atoms with E-state index >= 15 is 18.0 Å². The number of likely N-dealkylation sites (N-methyl/N-ethyl adjacent to an activating group) is 1. The molecule has 47 heavy (non-hydrogen) atoms. The lowest BCUT2D eigenvalue weighted by atomic mass is 9.93. The Labute approximate surface area is 270 Å². The molecule has 3 aliphatic rings. The fraction of sp³-hybridized carbons (Fsp3) is 0.400. The third kappa shape index (κ3) is 4.63. The van der Waals surface area contributed by atoms with Crippen molar-refractivity contribution in [3.05, 3.63) is 75.6 Å². The highest BCUT2D eigenvalue weighted by Gasteiger charge is 2.48. The first-order chi connectivity index (χ1) is 22.4. The normalized spacial score (nSPS) is 20.1. The van der Waals surface area contributed by atoms with E-state index in [2.05, 4.69) is 10.3 Å². The summed E-state index contributed by atoms with van der Waals surface area (Å²) in [7, 11) is 3.22. The molecule has 246 valence electrons. The second kappa shape index (κ2) is 11.4. The van der Waals surface area contributed by atoms with Gasteiger partial charge in [-0.3, -0.25) is 24.0 Å². The molecule has 0 radical (unpaired) electrons. The van der Waals surface area contributed by atoms with Crippen molar-refractivity contribution in [1.82, 2.24) is 19.8 Å². The zero-order valence-corrected chi connectivity index (χ0v) is 27.2. The van der Waals surface area contributed by atoms with Gasteiger partial charge in [0.25, 0.3) is 11.5 Å². The van der Waals surface area contributed by atoms with Crippen LogP contribution in [0.5, 0.6) is 5.75 Å². The van der Waals surface area contributed by atoms with E-state index in [0.717, 1.165) is 6.07 Å². The largest absolute Gasteiger partial charge is 0.496 e. The fourth-order valence-electron chi connectivity index (χ4n) is 7.44. The smallest absolute Gasteiger partial charge is 0.281 e. The van der Waals surface area contributed by atoms with E-state index in [-0.39, 0.29) is 46.2 Å². The Bertz CT molecular complexity index is 2010. The molecule has 0 saturated carbocycles. The Balaban J connectivity index is 1.69. The molecule has 1 amide bonds. The minimum atomic E-state index is -1.12. The summed E-state index contributed by atoms with van der Waals surface area (Å²) < 4.78 is 56.0. The summed E-state index contributed by atoms with van der Waals surface area (Å²) in [6, 6.07) is 5.75. The molecular weight excluding hydrogens is 609 g/mol. The van der Waals surface area contributed by atoms with Crippen molar-refractivity contribution in [3.8, 4) is 22.6 Å². The van der Waals surface area contributed by atoms with Gasteiger partial charge in [0, 0.05) is 43.8 Å². The molecule has 7 rings (SSSR count). The molecule has 4 aromatic rings. The van der Waals surface area contributed by atoms with Crippen molar-refractivity contribution in [2.45, 2.75) is 51.7 Å². The summed E-state index contributed by atoms with van der Waals surface area (Å²) in [6.45, 7) is 9.28. The fourth-order valence-corrected chi connectivity index (χ4v) is 7.44. The Morgan fingerprint density at radius 3 is 2.43 bits per heavy atom. The number of carbonyl (C=O) groups excluding carboxylic acids is 1. The van der Waals surface area contributed by atoms with Crippen LogP contribution in [0.2, 0.25) is 0 Å². The zero-order chi connectivity index (χ0) is 33.5. The molecule has 2 fully saturated rings. The van der Waals surface area contributed by atoms with Gasteiger partial charge in [0.2, 0.25) is 0 Å². The topological polar surface area (TPSA) is 82.9 Å². The van der Waals surface area contributed by atoms with Crippen LogP contribution in [-0.2, 0) is 4.79 Å². The number of piperazine rings is 1. The van der Waals surface area contributed by atoms with E-state index in [1.807, 2.05) is 37.6 Å². The molecule has 2 saturated heterocycles. The maximum atomic E-state index is 17.5. The van der Waals surface area contributed by atoms with Crippen molar-refractivity contribution in [1.29, 1.82) is 0 Å². The van der Waals surface area contributed by atoms with E-state index in [0.29, 0.717) is 48.8 Å². The first kappa shape index (κ1) is 31.2. The number of benzene rings is 2. The molecule has 12 heteroatoms. The number of hydrogen-bond acceptors (Lipinski definition) is 7. The second-order valence-corrected chi connectivity index (χ2v) is 13.2. The predicted octanol–water partition coefficient (Wildman–Crippen LogP) is 4.74. The maximum Gasteiger partial charge on any atom is 0.281 e. The number of pyridine rings is 2. The molecule has 5 heterocycles. The Hall–Kier alpha value is -4.42. The molecule has 2 aromatic carbocycles. The number of carbonyl (C=O) groups is 1. The zero-order valence-electron chi connectivity index (χ0n) is 27.2. The van der Waals surface area contributed by atoms with Crippen molar-refractivity contribution in [3.63, 3.8) is 0 Å². The number of nitrogens with one attached hydrogen (secondary N) is 1. The molecule has 0 aliphatic carbocycles. The molecule has 2 aromatic heterocycles. The number of nitrogens with zero attached hydrogens (tertiary/aromatic N) is 5. The van der Waals surface area contributed by atoms with Crippen molar-refractivity contribution in [2.24, 2.45) is 0 Å². The number of likely N-dealkylation sites (tertiary alicyclic amines) is 1.